The van der Waals surface area contributed by atoms with E-state index in [2.05, 4.69) is 14.2 Å². The van der Waals surface area contributed by atoms with Gasteiger partial charge in [-0.1, -0.05) is 0 Å². The van der Waals surface area contributed by atoms with E-state index in [1.807, 2.05) is 0 Å². The van der Waals surface area contributed by atoms with Crippen LogP contribution in [0, 0.1) is 0 Å². The fourth-order valence-corrected chi connectivity index (χ4v) is 0.214. The Morgan fingerprint density at radius 1 is 1.40 bits per heavy atom. The summed E-state index contributed by atoms with van der Waals surface area (Å²) in [4.78, 5) is 10.3. The SMILES string of the molecule is COC(=O)OC(N)(N)OC. The van der Waals surface area contributed by atoms with E-state index in [0.717, 1.165) is 7.11 Å². The highest BCUT2D eigenvalue weighted by Gasteiger charge is 2.23. The lowest BCUT2D eigenvalue weighted by atomic mass is 10.9. The largest absolute Gasteiger partial charge is 0.512 e. The van der Waals surface area contributed by atoms with Crippen LogP contribution in [0.5, 0.6) is 0 Å². The average Bonchev–Trinajstić information content (AvgIpc) is 1.87. The van der Waals surface area contributed by atoms with Gasteiger partial charge in [0.1, 0.15) is 0 Å². The van der Waals surface area contributed by atoms with Gasteiger partial charge in [-0.3, -0.25) is 11.5 Å². The lowest BCUT2D eigenvalue weighted by molar-refractivity contribution is -0.187. The number of carbonyl (C=O) groups excluding carboxylic acids is 1. The van der Waals surface area contributed by atoms with Gasteiger partial charge in [-0.05, 0) is 0 Å². The number of carbonyl (C=O) groups is 1. The Balaban J connectivity index is 3.76. The molecule has 6 heteroatoms. The lowest BCUT2D eigenvalue weighted by Gasteiger charge is -2.20. The number of rotatable bonds is 2. The van der Waals surface area contributed by atoms with E-state index in [4.69, 9.17) is 11.5 Å². The molecule has 4 N–H and O–H groups in total. The number of ether oxygens (including phenoxy) is 3. The van der Waals surface area contributed by atoms with E-state index in [0.29, 0.717) is 0 Å². The molecule has 6 nitrogen and oxygen atoms in total. The molecule has 0 aliphatic rings. The van der Waals surface area contributed by atoms with Crippen LogP contribution in [0.3, 0.4) is 0 Å². The Morgan fingerprint density at radius 3 is 2.20 bits per heavy atom. The van der Waals surface area contributed by atoms with Gasteiger partial charge < -0.3 is 14.2 Å². The quantitative estimate of drug-likeness (QED) is 0.385. The van der Waals surface area contributed by atoms with Crippen LogP contribution in [-0.4, -0.2) is 26.4 Å². The Morgan fingerprint density at radius 2 is 1.90 bits per heavy atom. The summed E-state index contributed by atoms with van der Waals surface area (Å²) < 4.78 is 12.6. The van der Waals surface area contributed by atoms with Crippen molar-refractivity contribution >= 4 is 6.16 Å². The van der Waals surface area contributed by atoms with Crippen molar-refractivity contribution in [2.24, 2.45) is 11.5 Å². The molecule has 0 spiro atoms. The summed E-state index contributed by atoms with van der Waals surface area (Å²) in [6.45, 7) is 0. The Bertz CT molecular complexity index is 124. The Kier molecular flexibility index (Phi) is 3.07. The fourth-order valence-electron chi connectivity index (χ4n) is 0.214. The maximum atomic E-state index is 10.3. The van der Waals surface area contributed by atoms with E-state index in [1.165, 1.54) is 7.11 Å². The molecule has 0 aromatic rings. The molecule has 0 saturated carbocycles. The minimum absolute atomic E-state index is 0.994. The van der Waals surface area contributed by atoms with Crippen LogP contribution < -0.4 is 11.5 Å². The van der Waals surface area contributed by atoms with Crippen molar-refractivity contribution in [2.45, 2.75) is 6.03 Å². The summed E-state index contributed by atoms with van der Waals surface area (Å²) in [5.41, 5.74) is 10.0. The maximum absolute atomic E-state index is 10.3. The molecule has 0 unspecified atom stereocenters. The van der Waals surface area contributed by atoms with Crippen LogP contribution in [-0.2, 0) is 14.2 Å². The van der Waals surface area contributed by atoms with Gasteiger partial charge in [-0.15, -0.1) is 0 Å². The zero-order valence-corrected chi connectivity index (χ0v) is 5.79. The molecule has 0 heterocycles. The van der Waals surface area contributed by atoms with Crippen molar-refractivity contribution < 1.29 is 19.0 Å². The van der Waals surface area contributed by atoms with Crippen molar-refractivity contribution in [2.75, 3.05) is 14.2 Å². The molecule has 0 aromatic carbocycles. The summed E-state index contributed by atoms with van der Waals surface area (Å²) in [5, 5.41) is 0. The van der Waals surface area contributed by atoms with E-state index in [1.54, 1.807) is 0 Å². The van der Waals surface area contributed by atoms with Gasteiger partial charge in [-0.2, -0.15) is 0 Å². The van der Waals surface area contributed by atoms with Gasteiger partial charge in [0.15, 0.2) is 0 Å². The van der Waals surface area contributed by atoms with Gasteiger partial charge in [0.05, 0.1) is 7.11 Å². The third kappa shape index (κ3) is 3.23. The van der Waals surface area contributed by atoms with Crippen molar-refractivity contribution in [3.05, 3.63) is 0 Å². The second-order valence-corrected chi connectivity index (χ2v) is 1.48. The summed E-state index contributed by atoms with van der Waals surface area (Å²) >= 11 is 0. The lowest BCUT2D eigenvalue weighted by Crippen LogP contribution is -2.54. The Labute approximate surface area is 58.0 Å². The molecule has 0 amide bonds. The van der Waals surface area contributed by atoms with Gasteiger partial charge >= 0.3 is 12.2 Å². The summed E-state index contributed by atoms with van der Waals surface area (Å²) in [6.07, 6.45) is -0.994. The third-order valence-corrected chi connectivity index (χ3v) is 0.729. The molecule has 0 rings (SSSR count). The van der Waals surface area contributed by atoms with Crippen LogP contribution in [0.4, 0.5) is 4.79 Å². The zero-order chi connectivity index (χ0) is 8.20. The highest BCUT2D eigenvalue weighted by Crippen LogP contribution is 1.95. The van der Waals surface area contributed by atoms with Crippen molar-refractivity contribution in [3.8, 4) is 0 Å². The van der Waals surface area contributed by atoms with Crippen molar-refractivity contribution in [3.63, 3.8) is 0 Å². The van der Waals surface area contributed by atoms with Gasteiger partial charge in [0.2, 0.25) is 0 Å². The fraction of sp³-hybridized carbons (Fsp3) is 0.750. The first-order valence-corrected chi connectivity index (χ1v) is 2.41. The van der Waals surface area contributed by atoms with Crippen molar-refractivity contribution in [1.82, 2.24) is 0 Å². The summed E-state index contributed by atoms with van der Waals surface area (Å²) in [7, 11) is 2.33. The van der Waals surface area contributed by atoms with E-state index in [-0.39, 0.29) is 0 Å². The van der Waals surface area contributed by atoms with Crippen LogP contribution in [0.15, 0.2) is 0 Å². The molecule has 10 heavy (non-hydrogen) atoms. The second kappa shape index (κ2) is 3.35. The number of nitrogens with two attached hydrogens (primary N) is 2. The average molecular weight is 150 g/mol. The topological polar surface area (TPSA) is 96.8 Å². The molecule has 0 fully saturated rings. The monoisotopic (exact) mass is 150 g/mol. The van der Waals surface area contributed by atoms with E-state index >= 15 is 0 Å². The van der Waals surface area contributed by atoms with Crippen LogP contribution in [0.2, 0.25) is 0 Å². The zero-order valence-electron chi connectivity index (χ0n) is 5.79. The first-order chi connectivity index (χ1) is 4.52. The second-order valence-electron chi connectivity index (χ2n) is 1.48. The molecule has 0 aromatic heterocycles. The Hall–Kier alpha value is -0.850. The smallest absolute Gasteiger partial charge is 0.437 e. The van der Waals surface area contributed by atoms with Gasteiger partial charge in [-0.25, -0.2) is 4.79 Å². The molecular weight excluding hydrogens is 140 g/mol. The highest BCUT2D eigenvalue weighted by molar-refractivity contribution is 5.59. The van der Waals surface area contributed by atoms with Gasteiger partial charge in [0, 0.05) is 7.11 Å². The standard InChI is InChI=1S/C4H10N2O4/c1-8-3(7)10-4(5,6)9-2/h5-6H2,1-2H3. The normalized spacial score (nSPS) is 10.8. The first kappa shape index (κ1) is 9.15. The first-order valence-electron chi connectivity index (χ1n) is 2.41. The number of hydrogen-bond acceptors (Lipinski definition) is 6. The molecule has 60 valence electrons. The van der Waals surface area contributed by atoms with E-state index in [9.17, 15) is 4.79 Å². The van der Waals surface area contributed by atoms with Crippen LogP contribution in [0.1, 0.15) is 0 Å². The van der Waals surface area contributed by atoms with E-state index < -0.39 is 12.2 Å². The minimum Gasteiger partial charge on any atom is -0.437 e. The molecule has 0 bridgehead atoms. The van der Waals surface area contributed by atoms with Crippen LogP contribution in [0.25, 0.3) is 0 Å². The molecule has 0 saturated heterocycles. The van der Waals surface area contributed by atoms with Gasteiger partial charge in [0.25, 0.3) is 0 Å². The molecule has 0 aliphatic heterocycles. The highest BCUT2D eigenvalue weighted by atomic mass is 16.8. The molecule has 0 radical (unpaired) electrons. The van der Waals surface area contributed by atoms with Crippen molar-refractivity contribution in [1.29, 1.82) is 0 Å². The summed E-state index contributed by atoms with van der Waals surface area (Å²) in [6, 6.07) is -1.91. The third-order valence-electron chi connectivity index (χ3n) is 0.729. The molecular formula is C4H10N2O4. The summed E-state index contributed by atoms with van der Waals surface area (Å²) in [5.74, 6) is 0. The van der Waals surface area contributed by atoms with Crippen LogP contribution >= 0.6 is 0 Å². The number of hydrogen-bond donors (Lipinski definition) is 2. The maximum Gasteiger partial charge on any atom is 0.512 e. The molecule has 0 aliphatic carbocycles. The number of methoxy groups -OCH3 is 2. The predicted octanol–water partition coefficient (Wildman–Crippen LogP) is -1.06. The minimum atomic E-state index is -1.91. The predicted molar refractivity (Wildman–Crippen MR) is 31.6 cm³/mol. The molecule has 0 atom stereocenters.